The van der Waals surface area contributed by atoms with Crippen LogP contribution in [0.1, 0.15) is 54.4 Å². The molecule has 0 saturated heterocycles. The van der Waals surface area contributed by atoms with Crippen molar-refractivity contribution in [3.05, 3.63) is 12.2 Å². The molecule has 0 N–H and O–H groups in total. The Balaban J connectivity index is 0.000000982. The van der Waals surface area contributed by atoms with Crippen LogP contribution in [0.5, 0.6) is 0 Å². The number of rotatable bonds is 5. The summed E-state index contributed by atoms with van der Waals surface area (Å²) >= 11 is -0.826. The summed E-state index contributed by atoms with van der Waals surface area (Å²) in [7, 11) is 8.20. The van der Waals surface area contributed by atoms with Gasteiger partial charge in [0.1, 0.15) is 0 Å². The Bertz CT molecular complexity index is 248. The van der Waals surface area contributed by atoms with Crippen molar-refractivity contribution >= 4 is 25.3 Å². The Hall–Kier alpha value is 1.38. The molecule has 0 aromatic heterocycles. The Kier molecular flexibility index (Phi) is 10.9. The second-order valence-electron chi connectivity index (χ2n) is 5.95. The summed E-state index contributed by atoms with van der Waals surface area (Å²) in [5.41, 5.74) is 2.05. The summed E-state index contributed by atoms with van der Waals surface area (Å²) < 4.78 is 6.60. The maximum absolute atomic E-state index is 6.60. The molecule has 112 valence electrons. The van der Waals surface area contributed by atoms with E-state index in [9.17, 15) is 0 Å². The summed E-state index contributed by atoms with van der Waals surface area (Å²) in [6, 6.07) is 0. The number of halogens is 2. The van der Waals surface area contributed by atoms with Gasteiger partial charge in [-0.25, -0.2) is 6.08 Å². The van der Waals surface area contributed by atoms with E-state index in [0.29, 0.717) is 22.7 Å². The molecule has 5 heteroatoms. The molecule has 0 amide bonds. The van der Waals surface area contributed by atoms with E-state index < -0.39 is 29.2 Å². The second-order valence-corrected chi connectivity index (χ2v) is 15.1. The quantitative estimate of drug-likeness (QED) is 0.401. The van der Waals surface area contributed by atoms with Crippen molar-refractivity contribution in [3.8, 4) is 0 Å². The molecule has 0 aromatic carbocycles. The third-order valence-corrected chi connectivity index (χ3v) is 10.1. The van der Waals surface area contributed by atoms with E-state index >= 15 is 0 Å². The van der Waals surface area contributed by atoms with Gasteiger partial charge in [-0.05, 0) is 16.6 Å². The summed E-state index contributed by atoms with van der Waals surface area (Å²) in [5, 5.41) is 0. The average molecular weight is 402 g/mol. The Morgan fingerprint density at radius 2 is 1.53 bits per heavy atom. The standard InChI is InChI=1S/C14H27OSi.2ClH.Zr/c1-11(2)16(12(3)4,13(5)6)15-14-9-7-8-10-14;;;/h10-14H,7,9H2,1-6H3;2*1H;/q-1;;;+2/p-2. The van der Waals surface area contributed by atoms with Gasteiger partial charge in [0, 0.05) is 6.10 Å². The summed E-state index contributed by atoms with van der Waals surface area (Å²) in [4.78, 5) is 0. The third kappa shape index (κ3) is 5.94. The second kappa shape index (κ2) is 10.2. The number of allylic oxidation sites excluding steroid dienone is 1. The molecule has 0 radical (unpaired) electrons. The van der Waals surface area contributed by atoms with Crippen molar-refractivity contribution in [2.24, 2.45) is 0 Å². The summed E-state index contributed by atoms with van der Waals surface area (Å²) in [6.45, 7) is 14.1. The van der Waals surface area contributed by atoms with Crippen molar-refractivity contribution < 1.29 is 25.3 Å². The molecule has 0 fully saturated rings. The third-order valence-electron chi connectivity index (χ3n) is 3.94. The topological polar surface area (TPSA) is 9.23 Å². The van der Waals surface area contributed by atoms with Crippen LogP contribution in [0.25, 0.3) is 0 Å². The molecule has 0 aliphatic heterocycles. The van der Waals surface area contributed by atoms with Crippen molar-refractivity contribution in [2.75, 3.05) is 0 Å². The monoisotopic (exact) mass is 399 g/mol. The van der Waals surface area contributed by atoms with Crippen LogP contribution >= 0.6 is 17.0 Å². The van der Waals surface area contributed by atoms with Gasteiger partial charge in [0.25, 0.3) is 0 Å². The maximum atomic E-state index is 6.60. The number of hydrogen-bond acceptors (Lipinski definition) is 1. The van der Waals surface area contributed by atoms with Gasteiger partial charge in [0.2, 0.25) is 8.32 Å². The first kappa shape index (κ1) is 20.4. The predicted molar refractivity (Wildman–Crippen MR) is 84.7 cm³/mol. The van der Waals surface area contributed by atoms with E-state index in [2.05, 4.69) is 53.7 Å². The molecule has 0 spiro atoms. The molecule has 1 unspecified atom stereocenters. The first-order valence-electron chi connectivity index (χ1n) is 7.03. The van der Waals surface area contributed by atoms with Gasteiger partial charge in [-0.2, -0.15) is 6.42 Å². The predicted octanol–water partition coefficient (Wildman–Crippen LogP) is 6.08. The van der Waals surface area contributed by atoms with Gasteiger partial charge < -0.3 is 10.5 Å². The van der Waals surface area contributed by atoms with Crippen LogP contribution in [-0.2, 0) is 25.3 Å². The number of hydrogen-bond donors (Lipinski definition) is 0. The van der Waals surface area contributed by atoms with Crippen LogP contribution in [0.2, 0.25) is 16.6 Å². The van der Waals surface area contributed by atoms with E-state index in [0.717, 1.165) is 12.8 Å². The molecule has 0 saturated carbocycles. The fourth-order valence-corrected chi connectivity index (χ4v) is 8.81. The molecule has 0 aromatic rings. The van der Waals surface area contributed by atoms with E-state index in [4.69, 9.17) is 21.5 Å². The fourth-order valence-electron chi connectivity index (χ4n) is 3.29. The molecule has 1 aliphatic rings. The zero-order chi connectivity index (χ0) is 15.1. The van der Waals surface area contributed by atoms with Crippen LogP contribution in [0.3, 0.4) is 0 Å². The molecule has 1 atom stereocenters. The Morgan fingerprint density at radius 1 is 1.11 bits per heavy atom. The van der Waals surface area contributed by atoms with E-state index in [-0.39, 0.29) is 0 Å². The fraction of sp³-hybridized carbons (Fsp3) is 0.857. The van der Waals surface area contributed by atoms with Gasteiger partial charge >= 0.3 is 37.9 Å². The van der Waals surface area contributed by atoms with Gasteiger partial charge in [-0.15, -0.1) is 0 Å². The van der Waals surface area contributed by atoms with Crippen molar-refractivity contribution in [1.82, 2.24) is 0 Å². The van der Waals surface area contributed by atoms with Gasteiger partial charge in [0.05, 0.1) is 0 Å². The van der Waals surface area contributed by atoms with Crippen LogP contribution < -0.4 is 0 Å². The molecule has 0 heterocycles. The zero-order valence-corrected chi connectivity index (χ0v) is 17.9. The van der Waals surface area contributed by atoms with Crippen LogP contribution in [0, 0.1) is 6.08 Å². The van der Waals surface area contributed by atoms with E-state index in [1.54, 1.807) is 0 Å². The van der Waals surface area contributed by atoms with E-state index in [1.165, 1.54) is 0 Å². The normalized spacial score (nSPS) is 19.0. The van der Waals surface area contributed by atoms with Gasteiger partial charge in [-0.1, -0.05) is 48.0 Å². The van der Waals surface area contributed by atoms with Crippen LogP contribution in [-0.4, -0.2) is 14.4 Å². The van der Waals surface area contributed by atoms with Gasteiger partial charge in [-0.3, -0.25) is 0 Å². The van der Waals surface area contributed by atoms with Crippen molar-refractivity contribution in [1.29, 1.82) is 0 Å². The molecular weight excluding hydrogens is 374 g/mol. The SMILES string of the molecule is CC(C)[Si](OC1C=[C-]CC1)(C(C)C)C(C)C.[Cl][Zr][Cl]. The molecule has 1 nitrogen and oxygen atoms in total. The Labute approximate surface area is 139 Å². The zero-order valence-electron chi connectivity index (χ0n) is 13.0. The average Bonchev–Trinajstić information content (AvgIpc) is 2.77. The minimum absolute atomic E-state index is 0.346. The molecular formula is C14H27Cl2OSiZr-. The summed E-state index contributed by atoms with van der Waals surface area (Å²) in [5.74, 6) is 0. The van der Waals surface area contributed by atoms with Crippen molar-refractivity contribution in [3.63, 3.8) is 0 Å². The van der Waals surface area contributed by atoms with Crippen LogP contribution in [0.15, 0.2) is 6.08 Å². The molecule has 19 heavy (non-hydrogen) atoms. The van der Waals surface area contributed by atoms with Crippen molar-refractivity contribution in [2.45, 2.75) is 77.1 Å². The Morgan fingerprint density at radius 3 is 1.79 bits per heavy atom. The van der Waals surface area contributed by atoms with Crippen LogP contribution in [0.4, 0.5) is 0 Å². The molecule has 0 bridgehead atoms. The first-order chi connectivity index (χ1) is 8.82. The van der Waals surface area contributed by atoms with Gasteiger partial charge in [0.15, 0.2) is 0 Å². The first-order valence-corrected chi connectivity index (χ1v) is 15.5. The minimum atomic E-state index is -1.66. The molecule has 1 aliphatic carbocycles. The molecule has 1 rings (SSSR count). The summed E-state index contributed by atoms with van der Waals surface area (Å²) in [6.07, 6.45) is 7.99. The van der Waals surface area contributed by atoms with E-state index in [1.807, 2.05) is 0 Å².